The minimum atomic E-state index is -0.452. The largest absolute Gasteiger partial charge is 0.283 e. The summed E-state index contributed by atoms with van der Waals surface area (Å²) in [5, 5.41) is 1.68. The molecule has 7 nitrogen and oxygen atoms in total. The van der Waals surface area contributed by atoms with Gasteiger partial charge in [-0.25, -0.2) is 4.98 Å². The summed E-state index contributed by atoms with van der Waals surface area (Å²) in [6.45, 7) is 4.05. The molecule has 10 heteroatoms. The van der Waals surface area contributed by atoms with E-state index in [0.717, 1.165) is 47.8 Å². The Balaban J connectivity index is 1.47. The number of thiophene rings is 1. The lowest BCUT2D eigenvalue weighted by atomic mass is 9.97. The molecule has 2 heterocycles. The Labute approximate surface area is 197 Å². The summed E-state index contributed by atoms with van der Waals surface area (Å²) in [5.74, 6) is -0.879. The predicted molar refractivity (Wildman–Crippen MR) is 129 cm³/mol. The van der Waals surface area contributed by atoms with E-state index in [1.807, 2.05) is 0 Å². The Morgan fingerprint density at radius 1 is 1.22 bits per heavy atom. The van der Waals surface area contributed by atoms with Gasteiger partial charge in [-0.3, -0.25) is 29.8 Å². The Hall–Kier alpha value is -2.62. The average molecular weight is 489 g/mol. The van der Waals surface area contributed by atoms with Crippen LogP contribution in [0.15, 0.2) is 46.9 Å². The summed E-state index contributed by atoms with van der Waals surface area (Å²) >= 11 is 8.54. The molecule has 0 aliphatic heterocycles. The van der Waals surface area contributed by atoms with E-state index in [9.17, 15) is 14.4 Å². The highest BCUT2D eigenvalue weighted by Gasteiger charge is 2.22. The van der Waals surface area contributed by atoms with Gasteiger partial charge in [-0.05, 0) is 55.5 Å². The van der Waals surface area contributed by atoms with E-state index in [2.05, 4.69) is 17.4 Å². The second-order valence-corrected chi connectivity index (χ2v) is 9.75. The number of halogens is 1. The van der Waals surface area contributed by atoms with Crippen LogP contribution < -0.4 is 16.4 Å². The SMILES string of the molecule is C=CCn1c(SCC(=O)NNC(=O)c2ccc(Cl)cc2)nc2sc3c(c2c1=O)CCCC3. The van der Waals surface area contributed by atoms with E-state index in [0.29, 0.717) is 27.7 Å². The van der Waals surface area contributed by atoms with E-state index in [-0.39, 0.29) is 11.3 Å². The summed E-state index contributed by atoms with van der Waals surface area (Å²) in [6, 6.07) is 6.31. The molecule has 0 unspecified atom stereocenters. The third-order valence-corrected chi connectivity index (χ3v) is 7.52. The number of fused-ring (bicyclic) bond motifs is 3. The molecule has 3 aromatic rings. The van der Waals surface area contributed by atoms with E-state index in [4.69, 9.17) is 16.6 Å². The molecule has 32 heavy (non-hydrogen) atoms. The summed E-state index contributed by atoms with van der Waals surface area (Å²) < 4.78 is 1.56. The molecule has 0 saturated heterocycles. The van der Waals surface area contributed by atoms with Gasteiger partial charge in [0.25, 0.3) is 11.5 Å². The molecule has 2 aromatic heterocycles. The van der Waals surface area contributed by atoms with Crippen molar-refractivity contribution in [1.82, 2.24) is 20.4 Å². The van der Waals surface area contributed by atoms with Crippen molar-refractivity contribution in [3.8, 4) is 0 Å². The lowest BCUT2D eigenvalue weighted by Crippen LogP contribution is -2.42. The monoisotopic (exact) mass is 488 g/mol. The third kappa shape index (κ3) is 4.74. The molecule has 0 saturated carbocycles. The second kappa shape index (κ2) is 9.89. The highest BCUT2D eigenvalue weighted by atomic mass is 35.5. The van der Waals surface area contributed by atoms with E-state index in [1.54, 1.807) is 46.2 Å². The topological polar surface area (TPSA) is 93.1 Å². The number of hydrogen-bond acceptors (Lipinski definition) is 6. The van der Waals surface area contributed by atoms with Gasteiger partial charge < -0.3 is 0 Å². The van der Waals surface area contributed by atoms with Crippen LogP contribution in [0.2, 0.25) is 5.02 Å². The van der Waals surface area contributed by atoms with Crippen molar-refractivity contribution in [2.45, 2.75) is 37.4 Å². The van der Waals surface area contributed by atoms with Crippen molar-refractivity contribution in [1.29, 1.82) is 0 Å². The molecule has 0 bridgehead atoms. The summed E-state index contributed by atoms with van der Waals surface area (Å²) in [6.07, 6.45) is 5.74. The van der Waals surface area contributed by atoms with E-state index < -0.39 is 11.8 Å². The fourth-order valence-electron chi connectivity index (χ4n) is 3.59. The lowest BCUT2D eigenvalue weighted by Gasteiger charge is -2.12. The number of carbonyl (C=O) groups is 2. The highest BCUT2D eigenvalue weighted by molar-refractivity contribution is 7.99. The standard InChI is InChI=1S/C22H21ClN4O3S2/c1-2-11-27-21(30)18-15-5-3-4-6-16(15)32-20(18)24-22(27)31-12-17(28)25-26-19(29)13-7-9-14(23)10-8-13/h2,7-10H,1,3-6,11-12H2,(H,25,28)(H,26,29). The molecule has 4 rings (SSSR count). The minimum absolute atomic E-state index is 0.0128. The first-order valence-corrected chi connectivity index (χ1v) is 12.3. The zero-order chi connectivity index (χ0) is 22.7. The fourth-order valence-corrected chi connectivity index (χ4v) is 5.82. The number of hydrogen-bond donors (Lipinski definition) is 2. The van der Waals surface area contributed by atoms with Crippen molar-refractivity contribution < 1.29 is 9.59 Å². The number of aryl methyl sites for hydroxylation is 2. The summed E-state index contributed by atoms with van der Waals surface area (Å²) in [4.78, 5) is 44.3. The average Bonchev–Trinajstić information content (AvgIpc) is 3.17. The second-order valence-electron chi connectivity index (χ2n) is 7.29. The van der Waals surface area contributed by atoms with Crippen LogP contribution in [0.3, 0.4) is 0 Å². The van der Waals surface area contributed by atoms with Crippen LogP contribution in [0.5, 0.6) is 0 Å². The Bertz CT molecular complexity index is 1250. The lowest BCUT2D eigenvalue weighted by molar-refractivity contribution is -0.119. The molecule has 1 aromatic carbocycles. The number of rotatable bonds is 6. The number of thioether (sulfide) groups is 1. The van der Waals surface area contributed by atoms with Gasteiger partial charge in [-0.2, -0.15) is 0 Å². The molecule has 0 atom stereocenters. The number of aromatic nitrogens is 2. The highest BCUT2D eigenvalue weighted by Crippen LogP contribution is 2.34. The van der Waals surface area contributed by atoms with Crippen molar-refractivity contribution >= 4 is 56.7 Å². The van der Waals surface area contributed by atoms with Crippen LogP contribution in [0.4, 0.5) is 0 Å². The van der Waals surface area contributed by atoms with Crippen LogP contribution in [-0.2, 0) is 24.2 Å². The number of amides is 2. The summed E-state index contributed by atoms with van der Waals surface area (Å²) in [7, 11) is 0. The van der Waals surface area contributed by atoms with Crippen LogP contribution in [0, 0.1) is 0 Å². The zero-order valence-electron chi connectivity index (χ0n) is 17.2. The first-order chi connectivity index (χ1) is 15.5. The molecular formula is C22H21ClN4O3S2. The van der Waals surface area contributed by atoms with Crippen LogP contribution in [-0.4, -0.2) is 27.1 Å². The fraction of sp³-hybridized carbons (Fsp3) is 0.273. The molecule has 2 N–H and O–H groups in total. The normalized spacial score (nSPS) is 12.9. The van der Waals surface area contributed by atoms with Gasteiger partial charge in [0.2, 0.25) is 5.91 Å². The van der Waals surface area contributed by atoms with Gasteiger partial charge in [0.1, 0.15) is 4.83 Å². The smallest absolute Gasteiger partial charge is 0.269 e. The van der Waals surface area contributed by atoms with Crippen molar-refractivity contribution in [2.24, 2.45) is 0 Å². The van der Waals surface area contributed by atoms with Gasteiger partial charge in [0.15, 0.2) is 5.16 Å². The van der Waals surface area contributed by atoms with E-state index >= 15 is 0 Å². The van der Waals surface area contributed by atoms with Crippen LogP contribution >= 0.6 is 34.7 Å². The van der Waals surface area contributed by atoms with Crippen molar-refractivity contribution in [2.75, 3.05) is 5.75 Å². The van der Waals surface area contributed by atoms with Gasteiger partial charge in [-0.15, -0.1) is 17.9 Å². The quantitative estimate of drug-likeness (QED) is 0.239. The molecule has 0 radical (unpaired) electrons. The maximum absolute atomic E-state index is 13.2. The zero-order valence-corrected chi connectivity index (χ0v) is 19.5. The minimum Gasteiger partial charge on any atom is -0.283 e. The predicted octanol–water partition coefficient (Wildman–Crippen LogP) is 3.73. The van der Waals surface area contributed by atoms with Crippen LogP contribution in [0.1, 0.15) is 33.6 Å². The number of hydrazine groups is 1. The molecule has 166 valence electrons. The number of carbonyl (C=O) groups excluding carboxylic acids is 2. The molecule has 1 aliphatic carbocycles. The van der Waals surface area contributed by atoms with Gasteiger partial charge in [0, 0.05) is 22.0 Å². The Morgan fingerprint density at radius 2 is 1.97 bits per heavy atom. The molecule has 2 amide bonds. The van der Waals surface area contributed by atoms with Crippen LogP contribution in [0.25, 0.3) is 10.2 Å². The Kier molecular flexibility index (Phi) is 6.98. The van der Waals surface area contributed by atoms with E-state index in [1.165, 1.54) is 4.88 Å². The van der Waals surface area contributed by atoms with Gasteiger partial charge >= 0.3 is 0 Å². The maximum atomic E-state index is 13.2. The first kappa shape index (κ1) is 22.6. The maximum Gasteiger partial charge on any atom is 0.269 e. The number of benzene rings is 1. The molecule has 0 fully saturated rings. The molecular weight excluding hydrogens is 468 g/mol. The number of nitrogens with one attached hydrogen (secondary N) is 2. The van der Waals surface area contributed by atoms with Gasteiger partial charge in [0.05, 0.1) is 11.1 Å². The summed E-state index contributed by atoms with van der Waals surface area (Å²) in [5.41, 5.74) is 6.17. The number of nitrogens with zero attached hydrogens (tertiary/aromatic N) is 2. The third-order valence-electron chi connectivity index (χ3n) is 5.11. The van der Waals surface area contributed by atoms with Crippen molar-refractivity contribution in [3.63, 3.8) is 0 Å². The first-order valence-electron chi connectivity index (χ1n) is 10.1. The van der Waals surface area contributed by atoms with Gasteiger partial charge in [-0.1, -0.05) is 29.4 Å². The molecule has 1 aliphatic rings. The number of allylic oxidation sites excluding steroid dienone is 1. The Morgan fingerprint density at radius 3 is 2.72 bits per heavy atom. The van der Waals surface area contributed by atoms with Crippen molar-refractivity contribution in [3.05, 3.63) is 68.3 Å². The molecule has 0 spiro atoms.